The van der Waals surface area contributed by atoms with Crippen LogP contribution in [0.2, 0.25) is 0 Å². The SMILES string of the molecule is Cn1ncc2c(=O)n(C/C=C/C(=O)O)cnc21. The van der Waals surface area contributed by atoms with Gasteiger partial charge in [0, 0.05) is 19.7 Å². The van der Waals surface area contributed by atoms with E-state index in [1.165, 1.54) is 27.8 Å². The summed E-state index contributed by atoms with van der Waals surface area (Å²) in [4.78, 5) is 26.3. The van der Waals surface area contributed by atoms with Crippen molar-refractivity contribution in [2.45, 2.75) is 6.54 Å². The molecule has 0 saturated heterocycles. The van der Waals surface area contributed by atoms with E-state index in [0.717, 1.165) is 6.08 Å². The predicted octanol–water partition coefficient (Wildman–Crippen LogP) is -0.229. The van der Waals surface area contributed by atoms with Gasteiger partial charge in [-0.15, -0.1) is 0 Å². The predicted molar refractivity (Wildman–Crippen MR) is 59.5 cm³/mol. The van der Waals surface area contributed by atoms with Crippen LogP contribution in [0.15, 0.2) is 29.5 Å². The maximum Gasteiger partial charge on any atom is 0.328 e. The molecule has 0 aromatic carbocycles. The maximum absolute atomic E-state index is 11.9. The zero-order valence-corrected chi connectivity index (χ0v) is 9.07. The van der Waals surface area contributed by atoms with E-state index in [9.17, 15) is 9.59 Å². The highest BCUT2D eigenvalue weighted by molar-refractivity contribution is 5.79. The van der Waals surface area contributed by atoms with Crippen molar-refractivity contribution in [3.05, 3.63) is 35.0 Å². The molecule has 0 aliphatic rings. The second-order valence-electron chi connectivity index (χ2n) is 3.45. The van der Waals surface area contributed by atoms with Gasteiger partial charge in [-0.25, -0.2) is 9.78 Å². The Hall–Kier alpha value is -2.44. The van der Waals surface area contributed by atoms with Crippen LogP contribution in [0.5, 0.6) is 0 Å². The average Bonchev–Trinajstić information content (AvgIpc) is 2.64. The van der Waals surface area contributed by atoms with Crippen molar-refractivity contribution in [2.24, 2.45) is 7.05 Å². The van der Waals surface area contributed by atoms with E-state index in [-0.39, 0.29) is 12.1 Å². The van der Waals surface area contributed by atoms with Crippen molar-refractivity contribution < 1.29 is 9.90 Å². The summed E-state index contributed by atoms with van der Waals surface area (Å²) in [6, 6.07) is 0. The number of carboxylic acids is 1. The molecule has 0 saturated carbocycles. The molecular weight excluding hydrogens is 224 g/mol. The van der Waals surface area contributed by atoms with Crippen molar-refractivity contribution in [1.29, 1.82) is 0 Å². The van der Waals surface area contributed by atoms with Gasteiger partial charge in [0.15, 0.2) is 5.65 Å². The third-order valence-electron chi connectivity index (χ3n) is 2.28. The first-order valence-corrected chi connectivity index (χ1v) is 4.86. The maximum atomic E-state index is 11.9. The monoisotopic (exact) mass is 234 g/mol. The molecule has 1 N–H and O–H groups in total. The van der Waals surface area contributed by atoms with Gasteiger partial charge in [-0.2, -0.15) is 5.10 Å². The minimum atomic E-state index is -1.05. The largest absolute Gasteiger partial charge is 0.478 e. The second kappa shape index (κ2) is 4.20. The minimum absolute atomic E-state index is 0.170. The lowest BCUT2D eigenvalue weighted by molar-refractivity contribution is -0.131. The fraction of sp³-hybridized carbons (Fsp3) is 0.200. The normalized spacial score (nSPS) is 11.4. The highest BCUT2D eigenvalue weighted by Crippen LogP contribution is 2.02. The van der Waals surface area contributed by atoms with Gasteiger partial charge in [0.25, 0.3) is 5.56 Å². The fourth-order valence-corrected chi connectivity index (χ4v) is 1.46. The van der Waals surface area contributed by atoms with Gasteiger partial charge in [0.2, 0.25) is 0 Å². The van der Waals surface area contributed by atoms with E-state index in [1.807, 2.05) is 0 Å². The highest BCUT2D eigenvalue weighted by atomic mass is 16.4. The van der Waals surface area contributed by atoms with Gasteiger partial charge in [-0.3, -0.25) is 14.0 Å². The van der Waals surface area contributed by atoms with E-state index in [4.69, 9.17) is 5.11 Å². The summed E-state index contributed by atoms with van der Waals surface area (Å²) in [7, 11) is 1.70. The molecule has 17 heavy (non-hydrogen) atoms. The molecule has 7 nitrogen and oxygen atoms in total. The van der Waals surface area contributed by atoms with Gasteiger partial charge in [-0.1, -0.05) is 6.08 Å². The Kier molecular flexibility index (Phi) is 2.73. The summed E-state index contributed by atoms with van der Waals surface area (Å²) in [6.45, 7) is 0.170. The van der Waals surface area contributed by atoms with Crippen LogP contribution in [-0.4, -0.2) is 30.4 Å². The minimum Gasteiger partial charge on any atom is -0.478 e. The van der Waals surface area contributed by atoms with E-state index in [0.29, 0.717) is 11.0 Å². The Morgan fingerprint density at radius 2 is 2.35 bits per heavy atom. The summed E-state index contributed by atoms with van der Waals surface area (Å²) < 4.78 is 2.83. The molecule has 2 rings (SSSR count). The molecule has 2 aromatic heterocycles. The van der Waals surface area contributed by atoms with Crippen LogP contribution in [0.3, 0.4) is 0 Å². The quantitative estimate of drug-likeness (QED) is 0.741. The lowest BCUT2D eigenvalue weighted by Crippen LogP contribution is -2.19. The number of aliphatic carboxylic acids is 1. The van der Waals surface area contributed by atoms with Crippen LogP contribution in [0, 0.1) is 0 Å². The van der Waals surface area contributed by atoms with E-state index < -0.39 is 5.97 Å². The molecule has 0 radical (unpaired) electrons. The Balaban J connectivity index is 2.40. The molecule has 0 aliphatic carbocycles. The molecular formula is C10H10N4O3. The number of hydrogen-bond donors (Lipinski definition) is 1. The molecule has 2 aromatic rings. The zero-order chi connectivity index (χ0) is 12.4. The van der Waals surface area contributed by atoms with Crippen LogP contribution in [0.1, 0.15) is 0 Å². The lowest BCUT2D eigenvalue weighted by Gasteiger charge is -2.00. The number of allylic oxidation sites excluding steroid dienone is 1. The first-order valence-electron chi connectivity index (χ1n) is 4.86. The number of hydrogen-bond acceptors (Lipinski definition) is 4. The van der Waals surface area contributed by atoms with E-state index in [1.54, 1.807) is 7.05 Å². The average molecular weight is 234 g/mol. The topological polar surface area (TPSA) is 90.0 Å². The Labute approximate surface area is 95.6 Å². The molecule has 0 spiro atoms. The van der Waals surface area contributed by atoms with Gasteiger partial charge >= 0.3 is 5.97 Å². The first-order chi connectivity index (χ1) is 8.09. The Morgan fingerprint density at radius 1 is 1.59 bits per heavy atom. The third kappa shape index (κ3) is 2.07. The van der Waals surface area contributed by atoms with E-state index in [2.05, 4.69) is 10.1 Å². The number of rotatable bonds is 3. The summed E-state index contributed by atoms with van der Waals surface area (Å²) in [6.07, 6.45) is 5.19. The molecule has 0 bridgehead atoms. The molecule has 0 amide bonds. The van der Waals surface area contributed by atoms with Gasteiger partial charge < -0.3 is 5.11 Å². The van der Waals surface area contributed by atoms with Crippen LogP contribution in [0.4, 0.5) is 0 Å². The summed E-state index contributed by atoms with van der Waals surface area (Å²) in [5, 5.41) is 12.8. The second-order valence-corrected chi connectivity index (χ2v) is 3.45. The summed E-state index contributed by atoms with van der Waals surface area (Å²) in [5.41, 5.74) is 0.270. The van der Waals surface area contributed by atoms with E-state index >= 15 is 0 Å². The lowest BCUT2D eigenvalue weighted by atomic mass is 10.4. The number of fused-ring (bicyclic) bond motifs is 1. The van der Waals surface area contributed by atoms with Gasteiger partial charge in [0.05, 0.1) is 6.20 Å². The number of aryl methyl sites for hydroxylation is 1. The molecule has 0 fully saturated rings. The van der Waals surface area contributed by atoms with Crippen molar-refractivity contribution in [3.8, 4) is 0 Å². The molecule has 0 aliphatic heterocycles. The number of aromatic nitrogens is 4. The molecule has 0 atom stereocenters. The van der Waals surface area contributed by atoms with Crippen LogP contribution >= 0.6 is 0 Å². The van der Waals surface area contributed by atoms with Gasteiger partial charge in [0.1, 0.15) is 11.7 Å². The molecule has 2 heterocycles. The summed E-state index contributed by atoms with van der Waals surface area (Å²) >= 11 is 0. The van der Waals surface area contributed by atoms with Crippen LogP contribution in [0.25, 0.3) is 11.0 Å². The first kappa shape index (κ1) is 11.1. The van der Waals surface area contributed by atoms with Crippen molar-refractivity contribution in [3.63, 3.8) is 0 Å². The number of nitrogens with zero attached hydrogens (tertiary/aromatic N) is 4. The van der Waals surface area contributed by atoms with Crippen LogP contribution in [-0.2, 0) is 18.4 Å². The number of carbonyl (C=O) groups is 1. The third-order valence-corrected chi connectivity index (χ3v) is 2.28. The number of carboxylic acid groups (broad SMARTS) is 1. The smallest absolute Gasteiger partial charge is 0.328 e. The Bertz CT molecular complexity index is 653. The molecule has 88 valence electrons. The summed E-state index contributed by atoms with van der Waals surface area (Å²) in [5.74, 6) is -1.05. The molecule has 7 heteroatoms. The van der Waals surface area contributed by atoms with Crippen molar-refractivity contribution in [2.75, 3.05) is 0 Å². The fourth-order valence-electron chi connectivity index (χ4n) is 1.46. The van der Waals surface area contributed by atoms with Crippen molar-refractivity contribution >= 4 is 17.0 Å². The highest BCUT2D eigenvalue weighted by Gasteiger charge is 2.06. The van der Waals surface area contributed by atoms with Crippen molar-refractivity contribution in [1.82, 2.24) is 19.3 Å². The molecule has 0 unspecified atom stereocenters. The standard InChI is InChI=1S/C10H10N4O3/c1-13-9-7(5-12-13)10(17)14(6-11-9)4-2-3-8(15)16/h2-3,5-6H,4H2,1H3,(H,15,16)/b3-2+. The van der Waals surface area contributed by atoms with Gasteiger partial charge in [-0.05, 0) is 0 Å². The van der Waals surface area contributed by atoms with Crippen LogP contribution < -0.4 is 5.56 Å². The Morgan fingerprint density at radius 3 is 3.06 bits per heavy atom. The zero-order valence-electron chi connectivity index (χ0n) is 9.07.